The second kappa shape index (κ2) is 16.2. The molecule has 0 saturated heterocycles. The zero-order chi connectivity index (χ0) is 34.1. The van der Waals surface area contributed by atoms with Crippen molar-refractivity contribution in [3.8, 4) is 17.2 Å². The summed E-state index contributed by atoms with van der Waals surface area (Å²) in [5.74, 6) is -1.43. The van der Waals surface area contributed by atoms with E-state index in [9.17, 15) is 24.6 Å². The Balaban J connectivity index is 1.65. The number of carbonyl (C=O) groups is 2. The number of aliphatic hydroxyl groups excluding tert-OH is 1. The van der Waals surface area contributed by atoms with Crippen LogP contribution in [0.2, 0.25) is 0 Å². The summed E-state index contributed by atoms with van der Waals surface area (Å²) in [6, 6.07) is 10.1. The number of esters is 1. The van der Waals surface area contributed by atoms with Gasteiger partial charge in [0.15, 0.2) is 11.2 Å². The summed E-state index contributed by atoms with van der Waals surface area (Å²) in [7, 11) is 2.69. The summed E-state index contributed by atoms with van der Waals surface area (Å²) in [4.78, 5) is 39.3. The van der Waals surface area contributed by atoms with Crippen LogP contribution in [0.25, 0.3) is 12.2 Å². The fourth-order valence-electron chi connectivity index (χ4n) is 5.35. The Morgan fingerprint density at radius 2 is 1.94 bits per heavy atom. The standard InChI is InChI=1S/C37H38O9S/c1-5-11-27-30(18-17-26(22(2)38)34(27)40)45-19-9-7-6-8-14-29(33(39)23-12-10-13-24(20-23)43-3)32-35(41)28-16-15-25(47)21-31(28)46-36(32)37(42)44-4/h6-8,10,12-14,16-18,20-21,29,33,39-40H,5,9,11,15,19H2,1-4H3/b7-6-,14-8+/t29-,33-/m0/s1. The van der Waals surface area contributed by atoms with Crippen LogP contribution < -0.4 is 25.5 Å². The Labute approximate surface area is 278 Å². The first-order valence-electron chi connectivity index (χ1n) is 15.2. The van der Waals surface area contributed by atoms with E-state index >= 15 is 0 Å². The Morgan fingerprint density at radius 3 is 2.64 bits per heavy atom. The first-order chi connectivity index (χ1) is 22.6. The third-order valence-electron chi connectivity index (χ3n) is 7.72. The van der Waals surface area contributed by atoms with Crippen LogP contribution in [-0.2, 0) is 11.2 Å². The number of aromatic hydroxyl groups is 1. The third kappa shape index (κ3) is 8.14. The molecular formula is C37H38O9S. The molecule has 9 nitrogen and oxygen atoms in total. The Bertz CT molecular complexity index is 1900. The summed E-state index contributed by atoms with van der Waals surface area (Å²) >= 11 is 5.27. The highest BCUT2D eigenvalue weighted by Gasteiger charge is 2.31. The topological polar surface area (TPSA) is 132 Å². The number of allylic oxidation sites excluding steroid dienone is 2. The molecule has 1 heterocycles. The van der Waals surface area contributed by atoms with Crippen LogP contribution in [-0.4, -0.2) is 47.7 Å². The molecule has 2 atom stereocenters. The zero-order valence-electron chi connectivity index (χ0n) is 26.8. The van der Waals surface area contributed by atoms with Gasteiger partial charge in [-0.3, -0.25) is 9.59 Å². The van der Waals surface area contributed by atoms with Gasteiger partial charge in [0.25, 0.3) is 0 Å². The van der Waals surface area contributed by atoms with Crippen LogP contribution in [0.5, 0.6) is 17.2 Å². The van der Waals surface area contributed by atoms with Crippen molar-refractivity contribution in [2.24, 2.45) is 0 Å². The Morgan fingerprint density at radius 1 is 1.15 bits per heavy atom. The zero-order valence-corrected chi connectivity index (χ0v) is 27.6. The maximum atomic E-state index is 13.9. The number of hydrogen-bond acceptors (Lipinski definition) is 10. The molecule has 246 valence electrons. The monoisotopic (exact) mass is 658 g/mol. The van der Waals surface area contributed by atoms with Crippen molar-refractivity contribution < 1.29 is 38.4 Å². The van der Waals surface area contributed by atoms with Crippen LogP contribution >= 0.6 is 12.2 Å². The lowest BCUT2D eigenvalue weighted by atomic mass is 9.87. The van der Waals surface area contributed by atoms with Crippen LogP contribution in [0, 0.1) is 0 Å². The molecule has 4 rings (SSSR count). The number of phenols is 1. The van der Waals surface area contributed by atoms with Gasteiger partial charge in [0.05, 0.1) is 43.3 Å². The van der Waals surface area contributed by atoms with E-state index in [1.54, 1.807) is 66.8 Å². The van der Waals surface area contributed by atoms with E-state index in [1.807, 2.05) is 13.0 Å². The lowest BCUT2D eigenvalue weighted by Gasteiger charge is -2.22. The molecule has 1 aromatic heterocycles. The van der Waals surface area contributed by atoms with Gasteiger partial charge in [-0.15, -0.1) is 0 Å². The highest BCUT2D eigenvalue weighted by Crippen LogP contribution is 2.35. The van der Waals surface area contributed by atoms with Crippen molar-refractivity contribution in [2.45, 2.75) is 51.6 Å². The van der Waals surface area contributed by atoms with Gasteiger partial charge in [-0.2, -0.15) is 0 Å². The lowest BCUT2D eigenvalue weighted by Crippen LogP contribution is -2.45. The average Bonchev–Trinajstić information content (AvgIpc) is 3.06. The molecule has 0 fully saturated rings. The molecule has 0 aliphatic heterocycles. The third-order valence-corrected chi connectivity index (χ3v) is 8.00. The highest BCUT2D eigenvalue weighted by molar-refractivity contribution is 7.81. The molecule has 0 amide bonds. The molecule has 1 aliphatic rings. The van der Waals surface area contributed by atoms with Gasteiger partial charge in [-0.1, -0.05) is 68.1 Å². The van der Waals surface area contributed by atoms with Gasteiger partial charge < -0.3 is 28.8 Å². The largest absolute Gasteiger partial charge is 0.507 e. The summed E-state index contributed by atoms with van der Waals surface area (Å²) in [5, 5.41) is 22.5. The van der Waals surface area contributed by atoms with Gasteiger partial charge in [0.1, 0.15) is 22.7 Å². The van der Waals surface area contributed by atoms with E-state index in [1.165, 1.54) is 21.1 Å². The fraction of sp³-hybridized carbons (Fsp3) is 0.297. The number of methoxy groups -OCH3 is 2. The van der Waals surface area contributed by atoms with Crippen LogP contribution in [0.15, 0.2) is 69.9 Å². The fourth-order valence-corrected chi connectivity index (χ4v) is 5.54. The van der Waals surface area contributed by atoms with Crippen molar-refractivity contribution in [1.82, 2.24) is 0 Å². The van der Waals surface area contributed by atoms with E-state index in [4.69, 9.17) is 30.8 Å². The predicted octanol–water partition coefficient (Wildman–Crippen LogP) is 5.03. The molecule has 10 heteroatoms. The molecule has 2 N–H and O–H groups in total. The minimum atomic E-state index is -1.27. The number of carbonyl (C=O) groups excluding carboxylic acids is 2. The molecule has 47 heavy (non-hydrogen) atoms. The Kier molecular flexibility index (Phi) is 12.1. The molecule has 0 bridgehead atoms. The Hall–Kier alpha value is -4.80. The number of rotatable bonds is 14. The van der Waals surface area contributed by atoms with E-state index < -0.39 is 23.4 Å². The summed E-state index contributed by atoms with van der Waals surface area (Å²) in [5.41, 5.74) is 0.970. The molecule has 2 aromatic carbocycles. The van der Waals surface area contributed by atoms with E-state index in [0.717, 1.165) is 6.42 Å². The molecular weight excluding hydrogens is 620 g/mol. The van der Waals surface area contributed by atoms with E-state index in [2.05, 4.69) is 0 Å². The number of fused-ring (bicyclic) bond motifs is 1. The van der Waals surface area contributed by atoms with Crippen molar-refractivity contribution in [3.05, 3.63) is 110 Å². The van der Waals surface area contributed by atoms with Crippen molar-refractivity contribution in [2.75, 3.05) is 20.8 Å². The number of ketones is 1. The SMILES string of the molecule is CCCc1c(OCC/C=C\C=C\[C@@H](c2c(C(=O)OC)oc3c(c2=O)=CCC(=S)C=3)[C@@H](O)c2cccc(OC)c2)ccc(C(C)=O)c1O. The number of aliphatic hydroxyl groups is 1. The first kappa shape index (κ1) is 35.1. The number of hydrogen-bond donors (Lipinski definition) is 2. The average molecular weight is 659 g/mol. The minimum absolute atomic E-state index is 0.0476. The predicted molar refractivity (Wildman–Crippen MR) is 183 cm³/mol. The van der Waals surface area contributed by atoms with E-state index in [-0.39, 0.29) is 39.1 Å². The number of thiocarbonyl (C=S) groups is 1. The smallest absolute Gasteiger partial charge is 0.374 e. The van der Waals surface area contributed by atoms with E-state index in [0.29, 0.717) is 53.4 Å². The molecule has 0 saturated carbocycles. The second-order valence-corrected chi connectivity index (χ2v) is 11.4. The summed E-state index contributed by atoms with van der Waals surface area (Å²) < 4.78 is 22.1. The molecule has 1 aliphatic carbocycles. The quantitative estimate of drug-likeness (QED) is 0.0799. The summed E-state index contributed by atoms with van der Waals surface area (Å²) in [6.45, 7) is 3.68. The van der Waals surface area contributed by atoms with Crippen LogP contribution in [0.3, 0.4) is 0 Å². The summed E-state index contributed by atoms with van der Waals surface area (Å²) in [6.07, 6.45) is 11.0. The molecule has 0 unspecified atom stereocenters. The van der Waals surface area contributed by atoms with Crippen molar-refractivity contribution >= 4 is 41.0 Å². The molecule has 3 aromatic rings. The number of Topliss-reactive ketones (excluding diaryl/α,β-unsaturated/α-hetero) is 1. The van der Waals surface area contributed by atoms with Gasteiger partial charge in [-0.25, -0.2) is 4.79 Å². The maximum Gasteiger partial charge on any atom is 0.374 e. The van der Waals surface area contributed by atoms with Gasteiger partial charge in [-0.05, 0) is 55.7 Å². The van der Waals surface area contributed by atoms with Gasteiger partial charge in [0, 0.05) is 22.8 Å². The molecule has 0 spiro atoms. The first-order valence-corrected chi connectivity index (χ1v) is 15.7. The van der Waals surface area contributed by atoms with Crippen molar-refractivity contribution in [3.63, 3.8) is 0 Å². The highest BCUT2D eigenvalue weighted by atomic mass is 32.1. The van der Waals surface area contributed by atoms with Crippen LogP contribution in [0.4, 0.5) is 0 Å². The number of phenolic OH excluding ortho intramolecular Hbond substituents is 1. The van der Waals surface area contributed by atoms with Crippen molar-refractivity contribution in [1.29, 1.82) is 0 Å². The normalized spacial score (nSPS) is 13.9. The number of benzene rings is 2. The lowest BCUT2D eigenvalue weighted by molar-refractivity contribution is 0.0553. The number of ether oxygens (including phenoxy) is 3. The van der Waals surface area contributed by atoms with Gasteiger partial charge in [0.2, 0.25) is 5.76 Å². The second-order valence-electron chi connectivity index (χ2n) is 10.9. The molecule has 0 radical (unpaired) electrons. The van der Waals surface area contributed by atoms with Gasteiger partial charge >= 0.3 is 5.97 Å². The van der Waals surface area contributed by atoms with Crippen LogP contribution in [0.1, 0.15) is 82.7 Å². The maximum absolute atomic E-state index is 13.9. The minimum Gasteiger partial charge on any atom is -0.507 e.